The van der Waals surface area contributed by atoms with Gasteiger partial charge < -0.3 is 15.0 Å². The van der Waals surface area contributed by atoms with Crippen molar-refractivity contribution < 1.29 is 4.74 Å². The minimum Gasteiger partial charge on any atom is -0.375 e. The summed E-state index contributed by atoms with van der Waals surface area (Å²) < 4.78 is 5.64. The van der Waals surface area contributed by atoms with Crippen molar-refractivity contribution in [3.63, 3.8) is 0 Å². The van der Waals surface area contributed by atoms with Crippen molar-refractivity contribution in [1.29, 1.82) is 0 Å². The van der Waals surface area contributed by atoms with Gasteiger partial charge in [-0.2, -0.15) is 0 Å². The topological polar surface area (TPSA) is 24.5 Å². The summed E-state index contributed by atoms with van der Waals surface area (Å²) in [5, 5.41) is 3.38. The van der Waals surface area contributed by atoms with Crippen molar-refractivity contribution in [2.24, 2.45) is 0 Å². The summed E-state index contributed by atoms with van der Waals surface area (Å²) in [4.78, 5) is 2.13. The zero-order chi connectivity index (χ0) is 14.1. The molecule has 1 rings (SSSR count). The second-order valence-electron chi connectivity index (χ2n) is 5.31. The lowest BCUT2D eigenvalue weighted by Gasteiger charge is -2.13. The fourth-order valence-electron chi connectivity index (χ4n) is 1.86. The summed E-state index contributed by atoms with van der Waals surface area (Å²) in [6, 6.07) is 8.78. The van der Waals surface area contributed by atoms with Gasteiger partial charge in [-0.3, -0.25) is 0 Å². The third kappa shape index (κ3) is 6.71. The third-order valence-corrected chi connectivity index (χ3v) is 3.20. The summed E-state index contributed by atoms with van der Waals surface area (Å²) in [6.45, 7) is 8.92. The Hall–Kier alpha value is -0.900. The van der Waals surface area contributed by atoms with E-state index in [2.05, 4.69) is 62.4 Å². The molecule has 3 heteroatoms. The highest BCUT2D eigenvalue weighted by Gasteiger charge is 2.04. The Morgan fingerprint density at radius 2 is 1.89 bits per heavy atom. The first kappa shape index (κ1) is 16.2. The molecule has 0 radical (unpaired) electrons. The number of ether oxygens (including phenoxy) is 1. The smallest absolute Gasteiger partial charge is 0.0717 e. The Bertz CT molecular complexity index is 335. The lowest BCUT2D eigenvalue weighted by molar-refractivity contribution is 0.105. The molecule has 0 aliphatic carbocycles. The lowest BCUT2D eigenvalue weighted by atomic mass is 10.00. The molecule has 1 aromatic rings. The van der Waals surface area contributed by atoms with E-state index in [1.807, 2.05) is 0 Å². The van der Waals surface area contributed by atoms with Gasteiger partial charge in [0.2, 0.25) is 0 Å². The lowest BCUT2D eigenvalue weighted by Crippen LogP contribution is -2.19. The van der Waals surface area contributed by atoms with Crippen LogP contribution in [0.5, 0.6) is 0 Å². The third-order valence-electron chi connectivity index (χ3n) is 3.20. The van der Waals surface area contributed by atoms with Gasteiger partial charge in [0.05, 0.1) is 13.2 Å². The second-order valence-corrected chi connectivity index (χ2v) is 5.31. The fourth-order valence-corrected chi connectivity index (χ4v) is 1.86. The van der Waals surface area contributed by atoms with Crippen LogP contribution < -0.4 is 5.32 Å². The molecule has 0 heterocycles. The van der Waals surface area contributed by atoms with Gasteiger partial charge in [0.25, 0.3) is 0 Å². The van der Waals surface area contributed by atoms with Crippen LogP contribution in [0.3, 0.4) is 0 Å². The largest absolute Gasteiger partial charge is 0.375 e. The van der Waals surface area contributed by atoms with Gasteiger partial charge in [0, 0.05) is 13.1 Å². The predicted molar refractivity (Wildman–Crippen MR) is 81.6 cm³/mol. The molecule has 0 amide bonds. The number of hydrogen-bond donors (Lipinski definition) is 1. The van der Waals surface area contributed by atoms with Gasteiger partial charge in [-0.05, 0) is 37.7 Å². The van der Waals surface area contributed by atoms with Crippen LogP contribution in [0.25, 0.3) is 0 Å². The molecule has 0 spiro atoms. The predicted octanol–water partition coefficient (Wildman–Crippen LogP) is 2.48. The Morgan fingerprint density at radius 3 is 2.47 bits per heavy atom. The van der Waals surface area contributed by atoms with E-state index in [1.165, 1.54) is 11.1 Å². The van der Waals surface area contributed by atoms with Crippen LogP contribution in [-0.2, 0) is 11.3 Å². The Balaban J connectivity index is 2.34. The molecule has 3 nitrogen and oxygen atoms in total. The van der Waals surface area contributed by atoms with Gasteiger partial charge in [-0.25, -0.2) is 0 Å². The molecule has 19 heavy (non-hydrogen) atoms. The molecule has 0 saturated carbocycles. The molecule has 0 bridgehead atoms. The fraction of sp³-hybridized carbons (Fsp3) is 0.625. The van der Waals surface area contributed by atoms with Gasteiger partial charge in [0.1, 0.15) is 0 Å². The molecule has 108 valence electrons. The van der Waals surface area contributed by atoms with Crippen LogP contribution in [0.15, 0.2) is 24.3 Å². The van der Waals surface area contributed by atoms with Crippen molar-refractivity contribution in [3.8, 4) is 0 Å². The molecule has 0 aromatic heterocycles. The average Bonchev–Trinajstić information content (AvgIpc) is 2.41. The molecule has 0 aliphatic heterocycles. The number of benzene rings is 1. The van der Waals surface area contributed by atoms with E-state index in [0.29, 0.717) is 12.5 Å². The molecular formula is C16H28N2O. The van der Waals surface area contributed by atoms with E-state index in [9.17, 15) is 0 Å². The van der Waals surface area contributed by atoms with E-state index < -0.39 is 0 Å². The Morgan fingerprint density at radius 1 is 1.21 bits per heavy atom. The SMILES string of the molecule is CCNCC(C)c1ccc(COCCN(C)C)cc1. The summed E-state index contributed by atoms with van der Waals surface area (Å²) in [5.41, 5.74) is 2.64. The highest BCUT2D eigenvalue weighted by atomic mass is 16.5. The quantitative estimate of drug-likeness (QED) is 0.694. The van der Waals surface area contributed by atoms with Crippen LogP contribution in [0.4, 0.5) is 0 Å². The molecule has 1 unspecified atom stereocenters. The van der Waals surface area contributed by atoms with Crippen molar-refractivity contribution in [3.05, 3.63) is 35.4 Å². The molecule has 0 aliphatic rings. The molecule has 0 saturated heterocycles. The second kappa shape index (κ2) is 9.08. The first-order valence-electron chi connectivity index (χ1n) is 7.15. The standard InChI is InChI=1S/C16H28N2O/c1-5-17-12-14(2)16-8-6-15(7-9-16)13-19-11-10-18(3)4/h6-9,14,17H,5,10-13H2,1-4H3. The van der Waals surface area contributed by atoms with Crippen LogP contribution in [0.2, 0.25) is 0 Å². The number of nitrogens with zero attached hydrogens (tertiary/aromatic N) is 1. The van der Waals surface area contributed by atoms with Crippen LogP contribution >= 0.6 is 0 Å². The summed E-state index contributed by atoms with van der Waals surface area (Å²) >= 11 is 0. The van der Waals surface area contributed by atoms with Gasteiger partial charge in [0.15, 0.2) is 0 Å². The molecule has 1 atom stereocenters. The van der Waals surface area contributed by atoms with Crippen molar-refractivity contribution in [1.82, 2.24) is 10.2 Å². The zero-order valence-corrected chi connectivity index (χ0v) is 12.8. The van der Waals surface area contributed by atoms with E-state index >= 15 is 0 Å². The number of rotatable bonds is 9. The first-order valence-corrected chi connectivity index (χ1v) is 7.15. The number of likely N-dealkylation sites (N-methyl/N-ethyl adjacent to an activating group) is 2. The summed E-state index contributed by atoms with van der Waals surface area (Å²) in [7, 11) is 4.12. The van der Waals surface area contributed by atoms with Crippen LogP contribution in [-0.4, -0.2) is 45.2 Å². The highest BCUT2D eigenvalue weighted by molar-refractivity contribution is 5.24. The first-order chi connectivity index (χ1) is 9.13. The summed E-state index contributed by atoms with van der Waals surface area (Å²) in [6.07, 6.45) is 0. The molecule has 1 aromatic carbocycles. The van der Waals surface area contributed by atoms with Crippen molar-refractivity contribution >= 4 is 0 Å². The minimum atomic E-state index is 0.559. The molecule has 0 fully saturated rings. The van der Waals surface area contributed by atoms with Crippen LogP contribution in [0, 0.1) is 0 Å². The Kier molecular flexibility index (Phi) is 7.72. The van der Waals surface area contributed by atoms with E-state index in [1.54, 1.807) is 0 Å². The zero-order valence-electron chi connectivity index (χ0n) is 12.8. The minimum absolute atomic E-state index is 0.559. The maximum atomic E-state index is 5.64. The molecular weight excluding hydrogens is 236 g/mol. The van der Waals surface area contributed by atoms with E-state index in [4.69, 9.17) is 4.74 Å². The highest BCUT2D eigenvalue weighted by Crippen LogP contribution is 2.15. The normalized spacial score (nSPS) is 12.9. The monoisotopic (exact) mass is 264 g/mol. The van der Waals surface area contributed by atoms with Gasteiger partial charge in [-0.1, -0.05) is 38.1 Å². The average molecular weight is 264 g/mol. The molecule has 1 N–H and O–H groups in total. The summed E-state index contributed by atoms with van der Waals surface area (Å²) in [5.74, 6) is 0.559. The van der Waals surface area contributed by atoms with Crippen molar-refractivity contribution in [2.45, 2.75) is 26.4 Å². The van der Waals surface area contributed by atoms with Crippen molar-refractivity contribution in [2.75, 3.05) is 40.3 Å². The van der Waals surface area contributed by atoms with Gasteiger partial charge in [-0.15, -0.1) is 0 Å². The van der Waals surface area contributed by atoms with E-state index in [-0.39, 0.29) is 0 Å². The van der Waals surface area contributed by atoms with Crippen LogP contribution in [0.1, 0.15) is 30.9 Å². The maximum Gasteiger partial charge on any atom is 0.0717 e. The Labute approximate surface area is 118 Å². The maximum absolute atomic E-state index is 5.64. The van der Waals surface area contributed by atoms with E-state index in [0.717, 1.165) is 26.2 Å². The van der Waals surface area contributed by atoms with Gasteiger partial charge >= 0.3 is 0 Å². The number of hydrogen-bond acceptors (Lipinski definition) is 3. The number of nitrogens with one attached hydrogen (secondary N) is 1.